The molecule has 4 nitrogen and oxygen atoms in total. The summed E-state index contributed by atoms with van der Waals surface area (Å²) in [4.78, 5) is 4.11. The third-order valence-corrected chi connectivity index (χ3v) is 5.81. The number of aromatic nitrogens is 4. The molecule has 0 saturated heterocycles. The maximum atomic E-state index is 6.12. The molecule has 4 aromatic rings. The molecule has 0 atom stereocenters. The monoisotopic (exact) mass is 406 g/mol. The minimum Gasteiger partial charge on any atom is -0.270 e. The van der Waals surface area contributed by atoms with Crippen molar-refractivity contribution in [3.8, 4) is 17.1 Å². The highest BCUT2D eigenvalue weighted by Crippen LogP contribution is 2.30. The number of thioether (sulfide) groups is 1. The van der Waals surface area contributed by atoms with Gasteiger partial charge in [0.1, 0.15) is 0 Å². The van der Waals surface area contributed by atoms with E-state index < -0.39 is 0 Å². The number of hydrogen-bond donors (Lipinski definition) is 0. The van der Waals surface area contributed by atoms with Gasteiger partial charge >= 0.3 is 0 Å². The van der Waals surface area contributed by atoms with Crippen LogP contribution in [0.3, 0.4) is 0 Å². The van der Waals surface area contributed by atoms with Gasteiger partial charge in [0.05, 0.1) is 5.69 Å². The normalized spacial score (nSPS) is 11.0. The second-order valence-electron chi connectivity index (χ2n) is 6.56. The first-order chi connectivity index (χ1) is 13.6. The van der Waals surface area contributed by atoms with Crippen LogP contribution in [0.15, 0.2) is 72.1 Å². The van der Waals surface area contributed by atoms with Gasteiger partial charge in [0.15, 0.2) is 11.0 Å². The second kappa shape index (κ2) is 8.17. The second-order valence-corrected chi connectivity index (χ2v) is 7.94. The van der Waals surface area contributed by atoms with Crippen LogP contribution in [0.5, 0.6) is 0 Å². The van der Waals surface area contributed by atoms with Crippen LogP contribution in [-0.2, 0) is 5.75 Å². The molecule has 0 fully saturated rings. The molecule has 2 aromatic heterocycles. The minimum absolute atomic E-state index is 0.742. The Balaban J connectivity index is 1.75. The molecule has 0 amide bonds. The van der Waals surface area contributed by atoms with Crippen LogP contribution in [0.4, 0.5) is 0 Å². The summed E-state index contributed by atoms with van der Waals surface area (Å²) in [6.07, 6.45) is 3.54. The van der Waals surface area contributed by atoms with E-state index in [1.165, 1.54) is 11.1 Å². The first-order valence-electron chi connectivity index (χ1n) is 8.92. The van der Waals surface area contributed by atoms with E-state index in [1.54, 1.807) is 24.2 Å². The Hall–Kier alpha value is -2.63. The van der Waals surface area contributed by atoms with Crippen molar-refractivity contribution < 1.29 is 0 Å². The fourth-order valence-corrected chi connectivity index (χ4v) is 4.03. The number of nitrogens with zero attached hydrogens (tertiary/aromatic N) is 4. The van der Waals surface area contributed by atoms with E-state index in [9.17, 15) is 0 Å². The molecule has 2 heterocycles. The lowest BCUT2D eigenvalue weighted by atomic mass is 10.1. The van der Waals surface area contributed by atoms with E-state index in [0.717, 1.165) is 38.6 Å². The zero-order valence-electron chi connectivity index (χ0n) is 15.6. The predicted molar refractivity (Wildman–Crippen MR) is 115 cm³/mol. The Morgan fingerprint density at radius 1 is 0.929 bits per heavy atom. The molecule has 0 aliphatic rings. The predicted octanol–water partition coefficient (Wildman–Crippen LogP) is 5.89. The fourth-order valence-electron chi connectivity index (χ4n) is 2.92. The molecule has 0 bridgehead atoms. The highest BCUT2D eigenvalue weighted by Gasteiger charge is 2.16. The van der Waals surface area contributed by atoms with Gasteiger partial charge in [-0.25, -0.2) is 0 Å². The number of halogens is 1. The summed E-state index contributed by atoms with van der Waals surface area (Å²) in [5, 5.41) is 10.5. The highest BCUT2D eigenvalue weighted by molar-refractivity contribution is 7.98. The molecule has 0 radical (unpaired) electrons. The van der Waals surface area contributed by atoms with Gasteiger partial charge in [-0.2, -0.15) is 0 Å². The largest absolute Gasteiger partial charge is 0.270 e. The van der Waals surface area contributed by atoms with E-state index in [2.05, 4.69) is 57.9 Å². The first-order valence-corrected chi connectivity index (χ1v) is 10.3. The lowest BCUT2D eigenvalue weighted by Crippen LogP contribution is -2.01. The van der Waals surface area contributed by atoms with Crippen molar-refractivity contribution in [1.82, 2.24) is 19.7 Å². The maximum Gasteiger partial charge on any atom is 0.196 e. The van der Waals surface area contributed by atoms with E-state index in [4.69, 9.17) is 11.6 Å². The van der Waals surface area contributed by atoms with Gasteiger partial charge in [0.25, 0.3) is 0 Å². The van der Waals surface area contributed by atoms with Gasteiger partial charge in [0.2, 0.25) is 0 Å². The van der Waals surface area contributed by atoms with E-state index in [-0.39, 0.29) is 0 Å². The van der Waals surface area contributed by atoms with E-state index in [1.807, 2.05) is 30.3 Å². The average molecular weight is 407 g/mol. The molecule has 0 unspecified atom stereocenters. The zero-order valence-corrected chi connectivity index (χ0v) is 17.2. The lowest BCUT2D eigenvalue weighted by molar-refractivity contribution is 0.884. The van der Waals surface area contributed by atoms with Crippen LogP contribution in [0.1, 0.15) is 16.7 Å². The summed E-state index contributed by atoms with van der Waals surface area (Å²) in [6.45, 7) is 4.23. The maximum absolute atomic E-state index is 6.12. The molecule has 28 heavy (non-hydrogen) atoms. The molecule has 4 rings (SSSR count). The molecule has 0 aliphatic carbocycles. The molecule has 2 aromatic carbocycles. The van der Waals surface area contributed by atoms with Gasteiger partial charge in [-0.3, -0.25) is 9.55 Å². The lowest BCUT2D eigenvalue weighted by Gasteiger charge is -2.12. The van der Waals surface area contributed by atoms with Crippen LogP contribution in [0.25, 0.3) is 17.1 Å². The SMILES string of the molecule is Cc1ccc(-n2c(SCc3cccc(Cl)c3)nnc2-c2ccncc2)cc1C. The van der Waals surface area contributed by atoms with Crippen molar-refractivity contribution in [1.29, 1.82) is 0 Å². The number of pyridine rings is 1. The summed E-state index contributed by atoms with van der Waals surface area (Å²) in [7, 11) is 0. The number of aryl methyl sites for hydroxylation is 2. The van der Waals surface area contributed by atoms with Crippen molar-refractivity contribution >= 4 is 23.4 Å². The Bertz CT molecular complexity index is 1110. The van der Waals surface area contributed by atoms with E-state index in [0.29, 0.717) is 0 Å². The van der Waals surface area contributed by atoms with Crippen molar-refractivity contribution in [2.45, 2.75) is 24.8 Å². The van der Waals surface area contributed by atoms with Crippen LogP contribution >= 0.6 is 23.4 Å². The molecular formula is C22H19ClN4S. The quantitative estimate of drug-likeness (QED) is 0.387. The van der Waals surface area contributed by atoms with Crippen molar-refractivity contribution in [3.63, 3.8) is 0 Å². The molecule has 0 spiro atoms. The summed E-state index contributed by atoms with van der Waals surface area (Å²) < 4.78 is 2.11. The van der Waals surface area contributed by atoms with Gasteiger partial charge in [-0.05, 0) is 66.9 Å². The molecule has 140 valence electrons. The number of rotatable bonds is 5. The average Bonchev–Trinajstić information content (AvgIpc) is 3.13. The topological polar surface area (TPSA) is 43.6 Å². The number of benzene rings is 2. The molecule has 6 heteroatoms. The Kier molecular flexibility index (Phi) is 5.46. The van der Waals surface area contributed by atoms with Crippen LogP contribution < -0.4 is 0 Å². The Labute approximate surface area is 173 Å². The standard InChI is InChI=1S/C22H19ClN4S/c1-15-6-7-20(12-16(15)2)27-21(18-8-10-24-11-9-18)25-26-22(27)28-14-17-4-3-5-19(23)13-17/h3-13H,14H2,1-2H3. The minimum atomic E-state index is 0.742. The van der Waals surface area contributed by atoms with E-state index >= 15 is 0 Å². The molecular weight excluding hydrogens is 388 g/mol. The van der Waals surface area contributed by atoms with Gasteiger partial charge in [-0.15, -0.1) is 10.2 Å². The third kappa shape index (κ3) is 3.96. The summed E-state index contributed by atoms with van der Waals surface area (Å²) in [5.41, 5.74) is 5.68. The summed E-state index contributed by atoms with van der Waals surface area (Å²) in [6, 6.07) is 18.2. The van der Waals surface area contributed by atoms with Crippen molar-refractivity contribution in [2.75, 3.05) is 0 Å². The Morgan fingerprint density at radius 3 is 2.50 bits per heavy atom. The van der Waals surface area contributed by atoms with Crippen LogP contribution in [-0.4, -0.2) is 19.7 Å². The van der Waals surface area contributed by atoms with Crippen molar-refractivity contribution in [2.24, 2.45) is 0 Å². The molecule has 0 saturated carbocycles. The zero-order chi connectivity index (χ0) is 19.5. The van der Waals surface area contributed by atoms with Gasteiger partial charge in [0, 0.05) is 28.7 Å². The van der Waals surface area contributed by atoms with Crippen LogP contribution in [0, 0.1) is 13.8 Å². The molecule has 0 N–H and O–H groups in total. The fraction of sp³-hybridized carbons (Fsp3) is 0.136. The first kappa shape index (κ1) is 18.7. The van der Waals surface area contributed by atoms with Gasteiger partial charge in [-0.1, -0.05) is 41.6 Å². The Morgan fingerprint density at radius 2 is 1.75 bits per heavy atom. The smallest absolute Gasteiger partial charge is 0.196 e. The van der Waals surface area contributed by atoms with Crippen molar-refractivity contribution in [3.05, 3.63) is 88.7 Å². The molecule has 0 aliphatic heterocycles. The summed E-state index contributed by atoms with van der Waals surface area (Å²) >= 11 is 7.77. The highest BCUT2D eigenvalue weighted by atomic mass is 35.5. The van der Waals surface area contributed by atoms with Gasteiger partial charge < -0.3 is 0 Å². The van der Waals surface area contributed by atoms with Crippen LogP contribution in [0.2, 0.25) is 5.02 Å². The third-order valence-electron chi connectivity index (χ3n) is 4.58. The number of hydrogen-bond acceptors (Lipinski definition) is 4. The summed E-state index contributed by atoms with van der Waals surface area (Å²) in [5.74, 6) is 1.57.